The molecule has 0 saturated carbocycles. The quantitative estimate of drug-likeness (QED) is 0.191. The number of amides is 2. The molecule has 14 heteroatoms. The normalized spacial score (nSPS) is 25.4. The Bertz CT molecular complexity index is 1370. The fourth-order valence-electron chi connectivity index (χ4n) is 5.56. The Kier molecular flexibility index (Phi) is 10.0. The molecule has 3 aromatic rings. The highest BCUT2D eigenvalue weighted by Gasteiger charge is 2.61. The Morgan fingerprint density at radius 1 is 1.09 bits per heavy atom. The molecule has 0 aliphatic carbocycles. The highest BCUT2D eigenvalue weighted by atomic mass is 16.6. The molecule has 5 atom stereocenters. The van der Waals surface area contributed by atoms with Crippen molar-refractivity contribution in [2.24, 2.45) is 0 Å². The van der Waals surface area contributed by atoms with Crippen molar-refractivity contribution in [3.05, 3.63) is 48.5 Å². The summed E-state index contributed by atoms with van der Waals surface area (Å²) in [4.78, 5) is 36.5. The van der Waals surface area contributed by atoms with Crippen molar-refractivity contribution in [3.8, 4) is 5.88 Å². The third kappa shape index (κ3) is 7.04. The first-order valence-electron chi connectivity index (χ1n) is 14.6. The van der Waals surface area contributed by atoms with Crippen LogP contribution in [0.2, 0.25) is 0 Å². The maximum absolute atomic E-state index is 12.6. The minimum atomic E-state index is -1.86. The Morgan fingerprint density at radius 3 is 2.72 bits per heavy atom. The van der Waals surface area contributed by atoms with Crippen LogP contribution in [0, 0.1) is 0 Å². The Balaban J connectivity index is 1.09. The number of aliphatic hydroxyl groups is 2. The topological polar surface area (TPSA) is 190 Å². The van der Waals surface area contributed by atoms with Crippen LogP contribution in [0.3, 0.4) is 0 Å². The van der Waals surface area contributed by atoms with Crippen LogP contribution in [-0.4, -0.2) is 90.4 Å². The molecule has 2 aliphatic rings. The van der Waals surface area contributed by atoms with Crippen LogP contribution in [0.1, 0.15) is 56.7 Å². The Morgan fingerprint density at radius 2 is 1.93 bits per heavy atom. The second-order valence-electron chi connectivity index (χ2n) is 10.8. The van der Waals surface area contributed by atoms with Crippen molar-refractivity contribution < 1.29 is 39.1 Å². The number of ether oxygens (including phenoxy) is 3. The van der Waals surface area contributed by atoms with Gasteiger partial charge in [-0.3, -0.25) is 9.36 Å². The largest absolute Gasteiger partial charge is 0.492 e. The zero-order valence-electron chi connectivity index (χ0n) is 23.8. The van der Waals surface area contributed by atoms with Gasteiger partial charge < -0.3 is 40.2 Å². The van der Waals surface area contributed by atoms with Gasteiger partial charge in [0, 0.05) is 26.1 Å². The van der Waals surface area contributed by atoms with E-state index < -0.39 is 36.2 Å². The van der Waals surface area contributed by atoms with Crippen LogP contribution < -0.4 is 10.6 Å². The number of carbonyl (C=O) groups is 2. The molecule has 1 unspecified atom stereocenters. The number of hydrogen-bond donors (Lipinski definition) is 5. The van der Waals surface area contributed by atoms with Crippen LogP contribution in [0.4, 0.5) is 4.79 Å². The number of aromatic nitrogens is 4. The average molecular weight is 599 g/mol. The van der Waals surface area contributed by atoms with Crippen molar-refractivity contribution in [2.75, 3.05) is 19.7 Å². The molecule has 0 spiro atoms. The van der Waals surface area contributed by atoms with Crippen LogP contribution in [-0.2, 0) is 25.6 Å². The molecule has 5 N–H and O–H groups in total. The third-order valence-electron chi connectivity index (χ3n) is 7.88. The van der Waals surface area contributed by atoms with E-state index >= 15 is 0 Å². The zero-order chi connectivity index (χ0) is 30.2. The molecule has 4 heterocycles. The number of carbonyl (C=O) groups excluding carboxylic acids is 2. The van der Waals surface area contributed by atoms with E-state index in [2.05, 4.69) is 25.6 Å². The second-order valence-corrected chi connectivity index (χ2v) is 10.8. The lowest BCUT2D eigenvalue weighted by Crippen LogP contribution is -2.57. The number of hydrogen-bond acceptors (Lipinski definition) is 11. The maximum atomic E-state index is 12.6. The Labute approximate surface area is 248 Å². The number of imidazole rings is 1. The van der Waals surface area contributed by atoms with E-state index in [0.717, 1.165) is 24.8 Å². The first-order valence-corrected chi connectivity index (χ1v) is 14.6. The second kappa shape index (κ2) is 14.1. The number of rotatable bonds is 12. The standard InChI is InChI=1S/C29H38N6O8/c36-22(12-5-2-7-13-30-28(39)42-16-19-9-3-1-4-10-19)31-15-20-24(37)29(40,21-11-6-8-14-41-21)27(43-20)35-18-34-23-25(35)32-17-33-26(23)38/h1,3-4,9-10,17-18,20-21,24,27,37,40H,2,5-8,11-16H2,(H,30,39)(H,31,36)(H,32,33,38)/t20-,21?,24-,27-,29-/m1/s1. The van der Waals surface area contributed by atoms with Gasteiger partial charge in [-0.15, -0.1) is 0 Å². The maximum Gasteiger partial charge on any atom is 0.407 e. The number of nitrogens with one attached hydrogen (secondary N) is 2. The highest BCUT2D eigenvalue weighted by molar-refractivity contribution is 5.76. The number of alkyl carbamates (subject to hydrolysis) is 1. The van der Waals surface area contributed by atoms with Crippen molar-refractivity contribution >= 4 is 23.2 Å². The molecule has 14 nitrogen and oxygen atoms in total. The number of fused-ring (bicyclic) bond motifs is 1. The van der Waals surface area contributed by atoms with Crippen LogP contribution in [0.15, 0.2) is 43.0 Å². The van der Waals surface area contributed by atoms with Gasteiger partial charge in [0.05, 0.1) is 12.4 Å². The van der Waals surface area contributed by atoms with Gasteiger partial charge in [0.25, 0.3) is 0 Å². The summed E-state index contributed by atoms with van der Waals surface area (Å²) in [5.74, 6) is -0.542. The average Bonchev–Trinajstić information content (AvgIpc) is 3.57. The van der Waals surface area contributed by atoms with Gasteiger partial charge in [-0.05, 0) is 37.7 Å². The minimum Gasteiger partial charge on any atom is -0.492 e. The van der Waals surface area contributed by atoms with E-state index in [9.17, 15) is 24.9 Å². The number of unbranched alkanes of at least 4 members (excludes halogenated alkanes) is 2. The van der Waals surface area contributed by atoms with Crippen molar-refractivity contribution in [3.63, 3.8) is 0 Å². The Hall–Kier alpha value is -3.85. The van der Waals surface area contributed by atoms with E-state index in [1.54, 1.807) is 0 Å². The third-order valence-corrected chi connectivity index (χ3v) is 7.88. The summed E-state index contributed by atoms with van der Waals surface area (Å²) in [5, 5.41) is 38.8. The smallest absolute Gasteiger partial charge is 0.407 e. The fraction of sp³-hybridized carbons (Fsp3) is 0.552. The molecule has 2 fully saturated rings. The van der Waals surface area contributed by atoms with E-state index in [4.69, 9.17) is 14.2 Å². The van der Waals surface area contributed by atoms with E-state index in [1.807, 2.05) is 30.3 Å². The molecule has 0 bridgehead atoms. The monoisotopic (exact) mass is 598 g/mol. The summed E-state index contributed by atoms with van der Waals surface area (Å²) in [5.41, 5.74) is -0.600. The fourth-order valence-corrected chi connectivity index (χ4v) is 5.56. The highest BCUT2D eigenvalue weighted by Crippen LogP contribution is 2.45. The summed E-state index contributed by atoms with van der Waals surface area (Å²) in [6, 6.07) is 9.41. The van der Waals surface area contributed by atoms with Gasteiger partial charge in [0.2, 0.25) is 11.8 Å². The summed E-state index contributed by atoms with van der Waals surface area (Å²) >= 11 is 0. The molecule has 232 valence electrons. The van der Waals surface area contributed by atoms with Gasteiger partial charge in [-0.25, -0.2) is 14.8 Å². The molecular formula is C29H38N6O8. The zero-order valence-corrected chi connectivity index (χ0v) is 23.8. The predicted molar refractivity (Wildman–Crippen MR) is 152 cm³/mol. The lowest BCUT2D eigenvalue weighted by molar-refractivity contribution is -0.197. The summed E-state index contributed by atoms with van der Waals surface area (Å²) in [6.07, 6.45) is 2.29. The van der Waals surface area contributed by atoms with Gasteiger partial charge in [-0.2, -0.15) is 4.98 Å². The van der Waals surface area contributed by atoms with E-state index in [-0.39, 0.29) is 42.5 Å². The lowest BCUT2D eigenvalue weighted by atomic mass is 9.84. The summed E-state index contributed by atoms with van der Waals surface area (Å²) in [6.45, 7) is 1.04. The van der Waals surface area contributed by atoms with E-state index in [0.29, 0.717) is 32.4 Å². The molecule has 2 aromatic heterocycles. The van der Waals surface area contributed by atoms with Crippen molar-refractivity contribution in [1.29, 1.82) is 0 Å². The molecule has 2 amide bonds. The van der Waals surface area contributed by atoms with Crippen molar-refractivity contribution in [1.82, 2.24) is 30.2 Å². The number of nitrogens with zero attached hydrogens (tertiary/aromatic N) is 4. The SMILES string of the molecule is O=C(CCCCCNC(=O)OCc1ccccc1)NC[C@H]1O[C@@H](n2cnc3c(O)ncnc32)[C@@](O)(C2CCCCO2)[C@@H]1O. The molecule has 43 heavy (non-hydrogen) atoms. The molecular weight excluding hydrogens is 560 g/mol. The number of aromatic hydroxyl groups is 1. The summed E-state index contributed by atoms with van der Waals surface area (Å²) in [7, 11) is 0. The van der Waals surface area contributed by atoms with Gasteiger partial charge >= 0.3 is 6.09 Å². The lowest BCUT2D eigenvalue weighted by Gasteiger charge is -2.40. The van der Waals surface area contributed by atoms with E-state index in [1.165, 1.54) is 17.2 Å². The van der Waals surface area contributed by atoms with Gasteiger partial charge in [0.15, 0.2) is 23.0 Å². The molecule has 0 radical (unpaired) electrons. The minimum absolute atomic E-state index is 0.0345. The molecule has 5 rings (SSSR count). The summed E-state index contributed by atoms with van der Waals surface area (Å²) < 4.78 is 18.7. The van der Waals surface area contributed by atoms with Gasteiger partial charge in [-0.1, -0.05) is 36.8 Å². The predicted octanol–water partition coefficient (Wildman–Crippen LogP) is 1.69. The molecule has 2 aliphatic heterocycles. The molecule has 1 aromatic carbocycles. The van der Waals surface area contributed by atoms with Crippen molar-refractivity contribution in [2.45, 2.75) is 81.7 Å². The van der Waals surface area contributed by atoms with Gasteiger partial charge in [0.1, 0.15) is 25.1 Å². The number of aliphatic hydroxyl groups excluding tert-OH is 1. The first kappa shape index (κ1) is 30.6. The van der Waals surface area contributed by atoms with Crippen LogP contribution >= 0.6 is 0 Å². The van der Waals surface area contributed by atoms with Crippen LogP contribution in [0.5, 0.6) is 5.88 Å². The first-order chi connectivity index (χ1) is 20.9. The van der Waals surface area contributed by atoms with Crippen LogP contribution in [0.25, 0.3) is 11.2 Å². The molecule has 2 saturated heterocycles. The number of benzene rings is 1.